The molecule has 2 nitrogen and oxygen atoms in total. The molecule has 0 aromatic heterocycles. The van der Waals surface area contributed by atoms with Crippen LogP contribution in [0.3, 0.4) is 0 Å². The van der Waals surface area contributed by atoms with Gasteiger partial charge in [-0.05, 0) is 46.6 Å². The highest BCUT2D eigenvalue weighted by molar-refractivity contribution is 7.73. The molecule has 0 bridgehead atoms. The Morgan fingerprint density at radius 3 is 2.19 bits per heavy atom. The molecule has 158 valence electrons. The molecule has 4 atom stereocenters. The summed E-state index contributed by atoms with van der Waals surface area (Å²) in [5, 5.41) is 4.34. The van der Waals surface area contributed by atoms with Gasteiger partial charge in [-0.2, -0.15) is 0 Å². The Morgan fingerprint density at radius 1 is 0.750 bits per heavy atom. The molecule has 1 aliphatic heterocycles. The summed E-state index contributed by atoms with van der Waals surface area (Å²) in [5.74, 6) is 0.334. The summed E-state index contributed by atoms with van der Waals surface area (Å²) >= 11 is 0. The molecule has 0 saturated carbocycles. The largest absolute Gasteiger partial charge is 0.297 e. The van der Waals surface area contributed by atoms with Crippen molar-refractivity contribution >= 4 is 23.4 Å². The zero-order valence-electron chi connectivity index (χ0n) is 18.3. The van der Waals surface area contributed by atoms with Gasteiger partial charge in [0.2, 0.25) is 7.29 Å². The van der Waals surface area contributed by atoms with E-state index in [1.54, 1.807) is 0 Å². The van der Waals surface area contributed by atoms with Gasteiger partial charge in [0.05, 0.1) is 6.04 Å². The van der Waals surface area contributed by atoms with Crippen LogP contribution in [0.4, 0.5) is 0 Å². The van der Waals surface area contributed by atoms with Crippen LogP contribution in [0.5, 0.6) is 0 Å². The molecule has 0 N–H and O–H groups in total. The zero-order valence-corrected chi connectivity index (χ0v) is 19.2. The molecule has 1 saturated heterocycles. The Kier molecular flexibility index (Phi) is 4.50. The molecule has 6 rings (SSSR count). The van der Waals surface area contributed by atoms with Crippen molar-refractivity contribution in [3.8, 4) is 0 Å². The first kappa shape index (κ1) is 19.7. The summed E-state index contributed by atoms with van der Waals surface area (Å²) in [7, 11) is -0.914. The second kappa shape index (κ2) is 7.30. The number of hydrogen-bond donors (Lipinski definition) is 0. The van der Waals surface area contributed by atoms with Crippen molar-refractivity contribution in [2.24, 2.45) is 0 Å². The van der Waals surface area contributed by atoms with Crippen molar-refractivity contribution in [1.82, 2.24) is 4.67 Å². The normalized spacial score (nSPS) is 27.1. The molecular formula is C29H26NOP. The van der Waals surface area contributed by atoms with E-state index in [1.807, 2.05) is 6.07 Å². The number of likely N-dealkylation sites (N-methyl/N-ethyl adjacent to an activating group) is 1. The second-order valence-electron chi connectivity index (χ2n) is 9.02. The van der Waals surface area contributed by atoms with Crippen LogP contribution >= 0.6 is 7.29 Å². The fraction of sp³-hybridized carbons (Fsp3) is 0.172. The third kappa shape index (κ3) is 2.73. The maximum atomic E-state index is 15.2. The van der Waals surface area contributed by atoms with Gasteiger partial charge in [0.15, 0.2) is 0 Å². The standard InChI is InChI=1S/C29H26NOP/c1-20-18-27-28(26-15-9-8-14-25(20)26)29(22-11-4-3-5-12-22)30(2)32(27,31)24-17-16-21-10-6-7-13-23(21)19-24/h3-20,28-29H,1-2H3/t20-,28+,29-,32?/m1/s1. The van der Waals surface area contributed by atoms with Gasteiger partial charge >= 0.3 is 0 Å². The number of nitrogens with zero attached hydrogens (tertiary/aromatic N) is 1. The first-order chi connectivity index (χ1) is 15.6. The lowest BCUT2D eigenvalue weighted by Gasteiger charge is -2.29. The van der Waals surface area contributed by atoms with Crippen molar-refractivity contribution < 1.29 is 4.57 Å². The number of rotatable bonds is 2. The van der Waals surface area contributed by atoms with Crippen molar-refractivity contribution in [3.63, 3.8) is 0 Å². The third-order valence-corrected chi connectivity index (χ3v) is 10.5. The second-order valence-corrected chi connectivity index (χ2v) is 11.8. The van der Waals surface area contributed by atoms with E-state index in [0.29, 0.717) is 0 Å². The first-order valence-corrected chi connectivity index (χ1v) is 12.9. The number of benzene rings is 4. The van der Waals surface area contributed by atoms with Gasteiger partial charge in [0.1, 0.15) is 0 Å². The summed E-state index contributed by atoms with van der Waals surface area (Å²) in [6.45, 7) is 2.22. The van der Waals surface area contributed by atoms with Gasteiger partial charge in [0, 0.05) is 22.5 Å². The molecule has 1 aliphatic carbocycles. The van der Waals surface area contributed by atoms with E-state index in [-0.39, 0.29) is 17.9 Å². The summed E-state index contributed by atoms with van der Waals surface area (Å²) in [6.07, 6.45) is 2.29. The van der Waals surface area contributed by atoms with Gasteiger partial charge in [-0.15, -0.1) is 0 Å². The van der Waals surface area contributed by atoms with Crippen LogP contribution in [0.1, 0.15) is 41.5 Å². The average molecular weight is 436 g/mol. The van der Waals surface area contributed by atoms with Crippen LogP contribution in [0.25, 0.3) is 10.8 Å². The maximum absolute atomic E-state index is 15.2. The topological polar surface area (TPSA) is 20.3 Å². The quantitative estimate of drug-likeness (QED) is 0.310. The molecule has 1 heterocycles. The van der Waals surface area contributed by atoms with Gasteiger partial charge in [0.25, 0.3) is 0 Å². The Labute approximate surface area is 189 Å². The molecular weight excluding hydrogens is 409 g/mol. The molecule has 4 aromatic rings. The van der Waals surface area contributed by atoms with Gasteiger partial charge < -0.3 is 0 Å². The van der Waals surface area contributed by atoms with Crippen LogP contribution in [0, 0.1) is 0 Å². The first-order valence-electron chi connectivity index (χ1n) is 11.3. The van der Waals surface area contributed by atoms with E-state index < -0.39 is 7.29 Å². The lowest BCUT2D eigenvalue weighted by molar-refractivity contribution is 0.383. The monoisotopic (exact) mass is 435 g/mol. The van der Waals surface area contributed by atoms with Crippen molar-refractivity contribution in [3.05, 3.63) is 125 Å². The van der Waals surface area contributed by atoms with E-state index in [9.17, 15) is 0 Å². The number of hydrogen-bond acceptors (Lipinski definition) is 1. The highest BCUT2D eigenvalue weighted by Gasteiger charge is 2.54. The molecule has 3 heteroatoms. The van der Waals surface area contributed by atoms with Crippen molar-refractivity contribution in [2.75, 3.05) is 7.05 Å². The fourth-order valence-corrected chi connectivity index (χ4v) is 9.08. The van der Waals surface area contributed by atoms with Crippen LogP contribution in [-0.2, 0) is 4.57 Å². The lowest BCUT2D eigenvalue weighted by Crippen LogP contribution is -2.22. The minimum atomic E-state index is -2.97. The summed E-state index contributed by atoms with van der Waals surface area (Å²) < 4.78 is 17.3. The highest BCUT2D eigenvalue weighted by atomic mass is 31.2. The van der Waals surface area contributed by atoms with Crippen LogP contribution in [0.15, 0.2) is 108 Å². The molecule has 0 spiro atoms. The molecule has 1 unspecified atom stereocenters. The van der Waals surface area contributed by atoms with Gasteiger partial charge in [-0.1, -0.05) is 97.9 Å². The Morgan fingerprint density at radius 2 is 1.41 bits per heavy atom. The lowest BCUT2D eigenvalue weighted by atomic mass is 9.77. The SMILES string of the molecule is C[C@@H]1C=C2[C@H](c3ccccc31)[C@@H](c1ccccc1)N(C)P2(=O)c1ccc2ccccc2c1. The molecule has 32 heavy (non-hydrogen) atoms. The van der Waals surface area contributed by atoms with E-state index in [4.69, 9.17) is 0 Å². The van der Waals surface area contributed by atoms with E-state index in [1.165, 1.54) is 22.1 Å². The summed E-state index contributed by atoms with van der Waals surface area (Å²) in [6, 6.07) is 34.0. The Bertz CT molecular complexity index is 1410. The van der Waals surface area contributed by atoms with Crippen LogP contribution in [-0.4, -0.2) is 11.7 Å². The smallest absolute Gasteiger partial charge is 0.204 e. The minimum absolute atomic E-state index is 0.0356. The Balaban J connectivity index is 1.62. The van der Waals surface area contributed by atoms with Gasteiger partial charge in [-0.3, -0.25) is 4.57 Å². The average Bonchev–Trinajstić information content (AvgIpc) is 3.07. The van der Waals surface area contributed by atoms with E-state index in [0.717, 1.165) is 16.0 Å². The van der Waals surface area contributed by atoms with Crippen LogP contribution < -0.4 is 5.30 Å². The van der Waals surface area contributed by atoms with E-state index in [2.05, 4.69) is 116 Å². The summed E-state index contributed by atoms with van der Waals surface area (Å²) in [4.78, 5) is 0. The van der Waals surface area contributed by atoms with E-state index >= 15 is 4.57 Å². The zero-order chi connectivity index (χ0) is 21.9. The predicted octanol–water partition coefficient (Wildman–Crippen LogP) is 7.21. The minimum Gasteiger partial charge on any atom is -0.297 e. The molecule has 1 fully saturated rings. The number of allylic oxidation sites excluding steroid dienone is 1. The highest BCUT2D eigenvalue weighted by Crippen LogP contribution is 2.73. The fourth-order valence-electron chi connectivity index (χ4n) is 5.77. The molecule has 4 aromatic carbocycles. The maximum Gasteiger partial charge on any atom is 0.204 e. The van der Waals surface area contributed by atoms with Crippen molar-refractivity contribution in [1.29, 1.82) is 0 Å². The Hall–Kier alpha value is -2.93. The number of fused-ring (bicyclic) bond motifs is 4. The van der Waals surface area contributed by atoms with Gasteiger partial charge in [-0.25, -0.2) is 4.67 Å². The van der Waals surface area contributed by atoms with Crippen molar-refractivity contribution in [2.45, 2.75) is 24.8 Å². The predicted molar refractivity (Wildman–Crippen MR) is 134 cm³/mol. The molecule has 0 radical (unpaired) electrons. The van der Waals surface area contributed by atoms with Crippen LogP contribution in [0.2, 0.25) is 0 Å². The summed E-state index contributed by atoms with van der Waals surface area (Å²) in [5.41, 5.74) is 3.88. The molecule has 0 amide bonds. The molecule has 2 aliphatic rings. The third-order valence-electron chi connectivity index (χ3n) is 7.30.